The number of hydrogen-bond acceptors (Lipinski definition) is 2. The highest BCUT2D eigenvalue weighted by Crippen LogP contribution is 2.21. The number of amides is 1. The lowest BCUT2D eigenvalue weighted by Gasteiger charge is -2.31. The molecule has 3 heteroatoms. The molecule has 1 amide bonds. The van der Waals surface area contributed by atoms with Crippen LogP contribution in [0.1, 0.15) is 46.0 Å². The molecule has 1 saturated carbocycles. The van der Waals surface area contributed by atoms with Gasteiger partial charge in [-0.25, -0.2) is 0 Å². The van der Waals surface area contributed by atoms with Crippen molar-refractivity contribution < 1.29 is 9.53 Å². The Labute approximate surface area is 92.8 Å². The zero-order valence-corrected chi connectivity index (χ0v) is 10.2. The van der Waals surface area contributed by atoms with Crippen LogP contribution in [-0.4, -0.2) is 36.6 Å². The molecular formula is C12H23NO2. The maximum absolute atomic E-state index is 11.7. The Morgan fingerprint density at radius 1 is 1.33 bits per heavy atom. The molecule has 0 aromatic carbocycles. The summed E-state index contributed by atoms with van der Waals surface area (Å²) >= 11 is 0. The van der Waals surface area contributed by atoms with Gasteiger partial charge in [-0.15, -0.1) is 0 Å². The van der Waals surface area contributed by atoms with Crippen LogP contribution in [0.3, 0.4) is 0 Å². The fourth-order valence-electron chi connectivity index (χ4n) is 2.01. The summed E-state index contributed by atoms with van der Waals surface area (Å²) in [4.78, 5) is 13.6. The van der Waals surface area contributed by atoms with Crippen LogP contribution in [0, 0.1) is 0 Å². The van der Waals surface area contributed by atoms with Crippen molar-refractivity contribution in [2.45, 2.75) is 58.1 Å². The van der Waals surface area contributed by atoms with E-state index < -0.39 is 0 Å². The van der Waals surface area contributed by atoms with Gasteiger partial charge in [0.1, 0.15) is 6.61 Å². The van der Waals surface area contributed by atoms with Gasteiger partial charge in [0, 0.05) is 13.1 Å². The van der Waals surface area contributed by atoms with E-state index in [1.807, 2.05) is 25.8 Å². The Bertz CT molecular complexity index is 198. The molecule has 0 radical (unpaired) electrons. The third-order valence-electron chi connectivity index (χ3n) is 3.06. The monoisotopic (exact) mass is 213 g/mol. The quantitative estimate of drug-likeness (QED) is 0.716. The normalized spacial score (nSPS) is 18.1. The molecule has 0 atom stereocenters. The molecule has 0 saturated heterocycles. The van der Waals surface area contributed by atoms with Gasteiger partial charge >= 0.3 is 0 Å². The smallest absolute Gasteiger partial charge is 0.248 e. The van der Waals surface area contributed by atoms with Gasteiger partial charge in [0.15, 0.2) is 0 Å². The highest BCUT2D eigenvalue weighted by Gasteiger charge is 2.21. The minimum atomic E-state index is 0.121. The van der Waals surface area contributed by atoms with Gasteiger partial charge in [-0.05, 0) is 26.7 Å². The van der Waals surface area contributed by atoms with Gasteiger partial charge in [-0.2, -0.15) is 0 Å². The number of ether oxygens (including phenoxy) is 1. The lowest BCUT2D eigenvalue weighted by Crippen LogP contribution is -2.40. The van der Waals surface area contributed by atoms with Crippen LogP contribution < -0.4 is 0 Å². The van der Waals surface area contributed by atoms with E-state index in [2.05, 4.69) is 0 Å². The molecule has 0 unspecified atom stereocenters. The second-order valence-electron chi connectivity index (χ2n) is 4.66. The zero-order valence-electron chi connectivity index (χ0n) is 10.2. The second-order valence-corrected chi connectivity index (χ2v) is 4.66. The van der Waals surface area contributed by atoms with Crippen LogP contribution in [-0.2, 0) is 9.53 Å². The van der Waals surface area contributed by atoms with Crippen molar-refractivity contribution in [3.05, 3.63) is 0 Å². The SMILES string of the molecule is CC(C)OCC(=O)N(C)C1CCCCC1. The molecular weight excluding hydrogens is 190 g/mol. The van der Waals surface area contributed by atoms with E-state index in [4.69, 9.17) is 4.74 Å². The molecule has 15 heavy (non-hydrogen) atoms. The average molecular weight is 213 g/mol. The molecule has 3 nitrogen and oxygen atoms in total. The van der Waals surface area contributed by atoms with E-state index in [1.165, 1.54) is 19.3 Å². The third-order valence-corrected chi connectivity index (χ3v) is 3.06. The van der Waals surface area contributed by atoms with Crippen LogP contribution in [0.15, 0.2) is 0 Å². The van der Waals surface area contributed by atoms with Crippen molar-refractivity contribution in [2.75, 3.05) is 13.7 Å². The topological polar surface area (TPSA) is 29.5 Å². The van der Waals surface area contributed by atoms with E-state index >= 15 is 0 Å². The zero-order chi connectivity index (χ0) is 11.3. The van der Waals surface area contributed by atoms with Crippen molar-refractivity contribution in [3.8, 4) is 0 Å². The Hall–Kier alpha value is -0.570. The van der Waals surface area contributed by atoms with Crippen molar-refractivity contribution in [2.24, 2.45) is 0 Å². The van der Waals surface area contributed by atoms with Crippen LogP contribution in [0.2, 0.25) is 0 Å². The highest BCUT2D eigenvalue weighted by molar-refractivity contribution is 5.77. The standard InChI is InChI=1S/C12H23NO2/c1-10(2)15-9-12(14)13(3)11-7-5-4-6-8-11/h10-11H,4-9H2,1-3H3. The molecule has 0 heterocycles. The molecule has 0 aromatic heterocycles. The van der Waals surface area contributed by atoms with Gasteiger partial charge in [0.25, 0.3) is 0 Å². The Morgan fingerprint density at radius 2 is 1.93 bits per heavy atom. The first-order valence-electron chi connectivity index (χ1n) is 5.98. The van der Waals surface area contributed by atoms with E-state index in [0.717, 1.165) is 12.8 Å². The first-order valence-corrected chi connectivity index (χ1v) is 5.98. The average Bonchev–Trinajstić information content (AvgIpc) is 2.26. The van der Waals surface area contributed by atoms with Crippen LogP contribution in [0.5, 0.6) is 0 Å². The number of nitrogens with zero attached hydrogens (tertiary/aromatic N) is 1. The largest absolute Gasteiger partial charge is 0.369 e. The molecule has 0 aliphatic heterocycles. The summed E-state index contributed by atoms with van der Waals surface area (Å²) in [5, 5.41) is 0. The van der Waals surface area contributed by atoms with Gasteiger partial charge < -0.3 is 9.64 Å². The Kier molecular flexibility index (Phi) is 5.09. The number of carbonyl (C=O) groups excluding carboxylic acids is 1. The minimum absolute atomic E-state index is 0.121. The Morgan fingerprint density at radius 3 is 2.47 bits per heavy atom. The predicted molar refractivity (Wildman–Crippen MR) is 60.7 cm³/mol. The van der Waals surface area contributed by atoms with Crippen LogP contribution >= 0.6 is 0 Å². The number of rotatable bonds is 4. The van der Waals surface area contributed by atoms with Gasteiger partial charge in [-0.1, -0.05) is 19.3 Å². The minimum Gasteiger partial charge on any atom is -0.369 e. The molecule has 1 aliphatic rings. The maximum atomic E-state index is 11.7. The molecule has 88 valence electrons. The molecule has 0 bridgehead atoms. The summed E-state index contributed by atoms with van der Waals surface area (Å²) in [6.07, 6.45) is 6.28. The van der Waals surface area contributed by atoms with Crippen molar-refractivity contribution >= 4 is 5.91 Å². The van der Waals surface area contributed by atoms with E-state index in [-0.39, 0.29) is 18.6 Å². The van der Waals surface area contributed by atoms with E-state index in [1.54, 1.807) is 0 Å². The predicted octanol–water partition coefficient (Wildman–Crippen LogP) is 2.20. The van der Waals surface area contributed by atoms with Crippen molar-refractivity contribution in [1.29, 1.82) is 0 Å². The van der Waals surface area contributed by atoms with E-state index in [0.29, 0.717) is 6.04 Å². The number of hydrogen-bond donors (Lipinski definition) is 0. The lowest BCUT2D eigenvalue weighted by atomic mass is 9.94. The second kappa shape index (κ2) is 6.11. The molecule has 1 fully saturated rings. The molecule has 0 N–H and O–H groups in total. The molecule has 1 aliphatic carbocycles. The molecule has 0 aromatic rings. The van der Waals surface area contributed by atoms with Crippen LogP contribution in [0.25, 0.3) is 0 Å². The maximum Gasteiger partial charge on any atom is 0.248 e. The summed E-state index contributed by atoms with van der Waals surface area (Å²) in [5.74, 6) is 0.121. The fourth-order valence-corrected chi connectivity index (χ4v) is 2.01. The van der Waals surface area contributed by atoms with E-state index in [9.17, 15) is 4.79 Å². The van der Waals surface area contributed by atoms with Crippen molar-refractivity contribution in [1.82, 2.24) is 4.90 Å². The first-order chi connectivity index (χ1) is 7.11. The lowest BCUT2D eigenvalue weighted by molar-refractivity contribution is -0.138. The molecule has 0 spiro atoms. The highest BCUT2D eigenvalue weighted by atomic mass is 16.5. The number of likely N-dealkylation sites (N-methyl/N-ethyl adjacent to an activating group) is 1. The molecule has 1 rings (SSSR count). The summed E-state index contributed by atoms with van der Waals surface area (Å²) in [6, 6.07) is 0.446. The van der Waals surface area contributed by atoms with Gasteiger partial charge in [0.2, 0.25) is 5.91 Å². The summed E-state index contributed by atoms with van der Waals surface area (Å²) < 4.78 is 5.32. The first kappa shape index (κ1) is 12.5. The summed E-state index contributed by atoms with van der Waals surface area (Å²) in [6.45, 7) is 4.13. The van der Waals surface area contributed by atoms with Crippen molar-refractivity contribution in [3.63, 3.8) is 0 Å². The van der Waals surface area contributed by atoms with Crippen LogP contribution in [0.4, 0.5) is 0 Å². The number of carbonyl (C=O) groups is 1. The third kappa shape index (κ3) is 4.20. The van der Waals surface area contributed by atoms with Gasteiger partial charge in [-0.3, -0.25) is 4.79 Å². The van der Waals surface area contributed by atoms with Gasteiger partial charge in [0.05, 0.1) is 6.10 Å². The fraction of sp³-hybridized carbons (Fsp3) is 0.917. The Balaban J connectivity index is 2.30. The summed E-state index contributed by atoms with van der Waals surface area (Å²) in [7, 11) is 1.90. The summed E-state index contributed by atoms with van der Waals surface area (Å²) in [5.41, 5.74) is 0.